The van der Waals surface area contributed by atoms with Gasteiger partial charge < -0.3 is 18.8 Å². The van der Waals surface area contributed by atoms with Crippen molar-refractivity contribution in [1.29, 1.82) is 5.26 Å². The number of pyridine rings is 1. The van der Waals surface area contributed by atoms with Gasteiger partial charge in [-0.25, -0.2) is 14.3 Å². The predicted molar refractivity (Wildman–Crippen MR) is 136 cm³/mol. The van der Waals surface area contributed by atoms with Crippen molar-refractivity contribution in [2.75, 3.05) is 25.7 Å². The third-order valence-electron chi connectivity index (χ3n) is 5.77. The molecule has 0 aliphatic carbocycles. The maximum absolute atomic E-state index is 15.0. The van der Waals surface area contributed by atoms with Gasteiger partial charge in [-0.15, -0.1) is 5.10 Å². The lowest BCUT2D eigenvalue weighted by Crippen LogP contribution is -2.28. The number of benzene rings is 2. The Kier molecular flexibility index (Phi) is 8.29. The van der Waals surface area contributed by atoms with E-state index in [1.165, 1.54) is 38.4 Å². The molecule has 10 nitrogen and oxygen atoms in total. The van der Waals surface area contributed by atoms with E-state index in [-0.39, 0.29) is 63.4 Å². The number of carbonyl (C=O) groups excluding carboxylic acids is 1. The Balaban J connectivity index is 1.71. The highest BCUT2D eigenvalue weighted by Gasteiger charge is 2.33. The van der Waals surface area contributed by atoms with Crippen LogP contribution in [0.3, 0.4) is 0 Å². The molecule has 0 saturated heterocycles. The van der Waals surface area contributed by atoms with Crippen molar-refractivity contribution in [2.45, 2.75) is 12.6 Å². The standard InChI is InChI=1S/C26H18ClF4N5O5/c1-36(23-18(28)4-3-5-19(23)40-7-6-22-34-35-25(38)41-22)24(37)15-9-14(17(27)10-20(15)39-2)16-12-33-21(26(29,30)31)8-13(16)11-32/h3-5,8-10,12H,6-7H2,1-2H3,(H,35,38). The van der Waals surface area contributed by atoms with Crippen molar-refractivity contribution < 1.29 is 36.2 Å². The molecule has 1 amide bonds. The highest BCUT2D eigenvalue weighted by atomic mass is 35.5. The molecule has 2 heterocycles. The summed E-state index contributed by atoms with van der Waals surface area (Å²) in [6.07, 6.45) is -3.90. The van der Waals surface area contributed by atoms with Gasteiger partial charge in [-0.05, 0) is 24.3 Å². The number of hydrogen-bond donors (Lipinski definition) is 1. The first-order chi connectivity index (χ1) is 19.4. The number of nitriles is 1. The number of carbonyl (C=O) groups is 1. The SMILES string of the molecule is COc1cc(Cl)c(-c2cnc(C(F)(F)F)cc2C#N)cc1C(=O)N(C)c1c(F)cccc1OCCc1n[nH]c(=O)o1. The van der Waals surface area contributed by atoms with Crippen LogP contribution in [0, 0.1) is 17.1 Å². The Morgan fingerprint density at radius 1 is 1.22 bits per heavy atom. The van der Waals surface area contributed by atoms with Gasteiger partial charge in [0.15, 0.2) is 5.82 Å². The highest BCUT2D eigenvalue weighted by Crippen LogP contribution is 2.39. The Labute approximate surface area is 233 Å². The quantitative estimate of drug-likeness (QED) is 0.283. The molecule has 212 valence electrons. The van der Waals surface area contributed by atoms with Crippen LogP contribution in [0.5, 0.6) is 11.5 Å². The van der Waals surface area contributed by atoms with E-state index in [2.05, 4.69) is 15.2 Å². The van der Waals surface area contributed by atoms with Gasteiger partial charge >= 0.3 is 11.9 Å². The zero-order valence-electron chi connectivity index (χ0n) is 21.2. The van der Waals surface area contributed by atoms with Crippen LogP contribution in [0.2, 0.25) is 5.02 Å². The van der Waals surface area contributed by atoms with Crippen molar-refractivity contribution in [3.05, 3.63) is 86.7 Å². The number of amides is 1. The van der Waals surface area contributed by atoms with Crippen molar-refractivity contribution in [3.63, 3.8) is 0 Å². The van der Waals surface area contributed by atoms with Crippen molar-refractivity contribution in [1.82, 2.24) is 15.2 Å². The maximum atomic E-state index is 15.0. The van der Waals surface area contributed by atoms with E-state index in [0.717, 1.165) is 17.2 Å². The molecule has 41 heavy (non-hydrogen) atoms. The van der Waals surface area contributed by atoms with Gasteiger partial charge in [0.25, 0.3) is 5.91 Å². The van der Waals surface area contributed by atoms with Gasteiger partial charge in [-0.2, -0.15) is 18.4 Å². The van der Waals surface area contributed by atoms with E-state index in [4.69, 9.17) is 25.5 Å². The first-order valence-corrected chi connectivity index (χ1v) is 11.9. The Hall–Kier alpha value is -4.90. The van der Waals surface area contributed by atoms with E-state index in [0.29, 0.717) is 6.07 Å². The number of H-pyrrole nitrogens is 1. The third-order valence-corrected chi connectivity index (χ3v) is 6.08. The van der Waals surface area contributed by atoms with Crippen LogP contribution in [-0.2, 0) is 12.6 Å². The lowest BCUT2D eigenvalue weighted by Gasteiger charge is -2.23. The second-order valence-corrected chi connectivity index (χ2v) is 8.72. The highest BCUT2D eigenvalue weighted by molar-refractivity contribution is 6.34. The topological polar surface area (TPSA) is 134 Å². The molecule has 1 N–H and O–H groups in total. The number of nitrogens with one attached hydrogen (secondary N) is 1. The van der Waals surface area contributed by atoms with Crippen LogP contribution in [0.25, 0.3) is 11.1 Å². The number of aromatic amines is 1. The van der Waals surface area contributed by atoms with Gasteiger partial charge in [0.1, 0.15) is 22.9 Å². The predicted octanol–water partition coefficient (Wildman–Crippen LogP) is 5.01. The van der Waals surface area contributed by atoms with Gasteiger partial charge in [0, 0.05) is 30.4 Å². The zero-order valence-corrected chi connectivity index (χ0v) is 21.9. The minimum Gasteiger partial charge on any atom is -0.496 e. The van der Waals surface area contributed by atoms with Crippen LogP contribution < -0.4 is 20.1 Å². The number of rotatable bonds is 8. The van der Waals surface area contributed by atoms with Gasteiger partial charge in [0.05, 0.1) is 42.4 Å². The summed E-state index contributed by atoms with van der Waals surface area (Å²) in [5.74, 6) is -2.35. The Morgan fingerprint density at radius 3 is 2.61 bits per heavy atom. The molecule has 15 heteroatoms. The van der Waals surface area contributed by atoms with Crippen LogP contribution in [0.1, 0.15) is 27.5 Å². The molecule has 0 radical (unpaired) electrons. The van der Waals surface area contributed by atoms with E-state index in [9.17, 15) is 28.0 Å². The molecule has 0 spiro atoms. The molecule has 0 aliphatic heterocycles. The zero-order chi connectivity index (χ0) is 29.9. The number of nitrogens with zero attached hydrogens (tertiary/aromatic N) is 4. The molecule has 0 bridgehead atoms. The fraction of sp³-hybridized carbons (Fsp3) is 0.192. The Morgan fingerprint density at radius 2 is 1.98 bits per heavy atom. The summed E-state index contributed by atoms with van der Waals surface area (Å²) in [5.41, 5.74) is -2.10. The van der Waals surface area contributed by atoms with Gasteiger partial charge in [-0.3, -0.25) is 9.78 Å². The summed E-state index contributed by atoms with van der Waals surface area (Å²) in [6.45, 7) is -0.0848. The molecule has 0 unspecified atom stereocenters. The van der Waals surface area contributed by atoms with E-state index < -0.39 is 29.4 Å². The monoisotopic (exact) mass is 591 g/mol. The maximum Gasteiger partial charge on any atom is 0.434 e. The molecule has 2 aromatic heterocycles. The summed E-state index contributed by atoms with van der Waals surface area (Å²) >= 11 is 6.36. The summed E-state index contributed by atoms with van der Waals surface area (Å²) in [4.78, 5) is 29.1. The summed E-state index contributed by atoms with van der Waals surface area (Å²) in [5, 5.41) is 15.2. The summed E-state index contributed by atoms with van der Waals surface area (Å²) in [7, 11) is 2.53. The van der Waals surface area contributed by atoms with Crippen LogP contribution in [0.15, 0.2) is 51.8 Å². The number of anilines is 1. The van der Waals surface area contributed by atoms with Crippen LogP contribution in [0.4, 0.5) is 23.2 Å². The fourth-order valence-electron chi connectivity index (χ4n) is 3.85. The number of aromatic nitrogens is 3. The summed E-state index contributed by atoms with van der Waals surface area (Å²) in [6, 6.07) is 8.60. The molecular weight excluding hydrogens is 574 g/mol. The smallest absolute Gasteiger partial charge is 0.434 e. The average molecular weight is 592 g/mol. The lowest BCUT2D eigenvalue weighted by molar-refractivity contribution is -0.141. The fourth-order valence-corrected chi connectivity index (χ4v) is 4.11. The second kappa shape index (κ2) is 11.7. The molecule has 0 aliphatic rings. The number of methoxy groups -OCH3 is 1. The molecule has 0 saturated carbocycles. The van der Waals surface area contributed by atoms with E-state index in [1.54, 1.807) is 6.07 Å². The third kappa shape index (κ3) is 6.15. The van der Waals surface area contributed by atoms with Crippen molar-refractivity contribution in [2.24, 2.45) is 0 Å². The summed E-state index contributed by atoms with van der Waals surface area (Å²) < 4.78 is 70.2. The number of para-hydroxylation sites is 1. The number of halogens is 5. The van der Waals surface area contributed by atoms with Gasteiger partial charge in [0.2, 0.25) is 5.89 Å². The largest absolute Gasteiger partial charge is 0.496 e. The molecule has 2 aromatic carbocycles. The van der Waals surface area contributed by atoms with Crippen LogP contribution in [-0.4, -0.2) is 41.9 Å². The minimum absolute atomic E-state index is 0.0208. The molecule has 0 fully saturated rings. The second-order valence-electron chi connectivity index (χ2n) is 8.31. The molecule has 4 rings (SSSR count). The Bertz CT molecular complexity index is 1710. The van der Waals surface area contributed by atoms with E-state index >= 15 is 4.39 Å². The average Bonchev–Trinajstić information content (AvgIpc) is 3.36. The number of alkyl halides is 3. The van der Waals surface area contributed by atoms with Crippen LogP contribution >= 0.6 is 11.6 Å². The minimum atomic E-state index is -4.79. The first kappa shape index (κ1) is 29.1. The number of ether oxygens (including phenoxy) is 2. The lowest BCUT2D eigenvalue weighted by atomic mass is 9.98. The first-order valence-electron chi connectivity index (χ1n) is 11.5. The normalized spacial score (nSPS) is 11.2. The van der Waals surface area contributed by atoms with Crippen molar-refractivity contribution >= 4 is 23.2 Å². The van der Waals surface area contributed by atoms with E-state index in [1.807, 2.05) is 0 Å². The molecule has 4 aromatic rings. The van der Waals surface area contributed by atoms with Crippen molar-refractivity contribution in [3.8, 4) is 28.7 Å². The number of hydrogen-bond acceptors (Lipinski definition) is 8. The molecular formula is C26H18ClF4N5O5. The van der Waals surface area contributed by atoms with Gasteiger partial charge in [-0.1, -0.05) is 17.7 Å². The molecule has 0 atom stereocenters.